The third kappa shape index (κ3) is 3.15. The molecule has 0 aliphatic rings. The topological polar surface area (TPSA) is 60.6 Å². The molecule has 1 N–H and O–H groups in total. The van der Waals surface area contributed by atoms with Gasteiger partial charge in [0.1, 0.15) is 18.7 Å². The summed E-state index contributed by atoms with van der Waals surface area (Å²) in [5.41, 5.74) is 3.80. The highest BCUT2D eigenvalue weighted by Crippen LogP contribution is 2.18. The van der Waals surface area contributed by atoms with Crippen LogP contribution in [0.4, 0.5) is 0 Å². The van der Waals surface area contributed by atoms with Crippen LogP contribution in [0.1, 0.15) is 56.5 Å². The highest BCUT2D eigenvalue weighted by molar-refractivity contribution is 5.27. The molecular formula is C15H26N6. The summed E-state index contributed by atoms with van der Waals surface area (Å²) < 4.78 is 4.05. The SMILES string of the molecule is CCc1nn(Cc2ncnn2C(C)C)c(CC)c1CNC. The van der Waals surface area contributed by atoms with E-state index in [1.807, 2.05) is 11.7 Å². The fourth-order valence-electron chi connectivity index (χ4n) is 2.73. The summed E-state index contributed by atoms with van der Waals surface area (Å²) in [6.07, 6.45) is 3.55. The van der Waals surface area contributed by atoms with Crippen molar-refractivity contribution in [3.8, 4) is 0 Å². The van der Waals surface area contributed by atoms with Gasteiger partial charge in [-0.05, 0) is 33.7 Å². The van der Waals surface area contributed by atoms with Crippen LogP contribution in [0, 0.1) is 0 Å². The lowest BCUT2D eigenvalue weighted by atomic mass is 10.1. The van der Waals surface area contributed by atoms with Crippen LogP contribution in [0.3, 0.4) is 0 Å². The van der Waals surface area contributed by atoms with Crippen molar-refractivity contribution in [3.63, 3.8) is 0 Å². The number of nitrogens with one attached hydrogen (secondary N) is 1. The number of hydrogen-bond donors (Lipinski definition) is 1. The van der Waals surface area contributed by atoms with Gasteiger partial charge in [-0.1, -0.05) is 13.8 Å². The van der Waals surface area contributed by atoms with E-state index >= 15 is 0 Å². The first-order valence-electron chi connectivity index (χ1n) is 7.72. The molecule has 0 aliphatic carbocycles. The van der Waals surface area contributed by atoms with E-state index in [-0.39, 0.29) is 0 Å². The Labute approximate surface area is 126 Å². The summed E-state index contributed by atoms with van der Waals surface area (Å²) in [5, 5.41) is 12.3. The summed E-state index contributed by atoms with van der Waals surface area (Å²) in [7, 11) is 1.98. The van der Waals surface area contributed by atoms with Crippen LogP contribution in [0.25, 0.3) is 0 Å². The Hall–Kier alpha value is -1.69. The fraction of sp³-hybridized carbons (Fsp3) is 0.667. The van der Waals surface area contributed by atoms with E-state index in [4.69, 9.17) is 5.10 Å². The molecule has 6 heteroatoms. The molecule has 116 valence electrons. The van der Waals surface area contributed by atoms with Gasteiger partial charge in [-0.15, -0.1) is 0 Å². The average Bonchev–Trinajstić information content (AvgIpc) is 3.04. The van der Waals surface area contributed by atoms with Gasteiger partial charge in [0.05, 0.1) is 5.69 Å². The molecule has 2 aromatic rings. The minimum absolute atomic E-state index is 0.311. The van der Waals surface area contributed by atoms with Crippen LogP contribution < -0.4 is 5.32 Å². The average molecular weight is 290 g/mol. The predicted octanol–water partition coefficient (Wildman–Crippen LogP) is 1.95. The van der Waals surface area contributed by atoms with Gasteiger partial charge in [0.2, 0.25) is 0 Å². The fourth-order valence-corrected chi connectivity index (χ4v) is 2.73. The van der Waals surface area contributed by atoms with E-state index in [1.165, 1.54) is 17.0 Å². The molecule has 21 heavy (non-hydrogen) atoms. The third-order valence-corrected chi connectivity index (χ3v) is 3.70. The van der Waals surface area contributed by atoms with Crippen molar-refractivity contribution in [2.75, 3.05) is 7.05 Å². The maximum Gasteiger partial charge on any atom is 0.148 e. The van der Waals surface area contributed by atoms with Gasteiger partial charge in [0.15, 0.2) is 0 Å². The standard InChI is InChI=1S/C15H26N6/c1-6-13-12(8-16-5)14(7-2)20(19-13)9-15-17-10-18-21(15)11(3)4/h10-11,16H,6-9H2,1-5H3. The van der Waals surface area contributed by atoms with E-state index in [2.05, 4.69) is 47.8 Å². The number of nitrogens with zero attached hydrogens (tertiary/aromatic N) is 5. The number of aromatic nitrogens is 5. The van der Waals surface area contributed by atoms with Gasteiger partial charge in [-0.3, -0.25) is 4.68 Å². The molecule has 2 rings (SSSR count). The predicted molar refractivity (Wildman–Crippen MR) is 83.3 cm³/mol. The van der Waals surface area contributed by atoms with Gasteiger partial charge in [-0.25, -0.2) is 9.67 Å². The highest BCUT2D eigenvalue weighted by Gasteiger charge is 2.17. The minimum Gasteiger partial charge on any atom is -0.316 e. The lowest BCUT2D eigenvalue weighted by molar-refractivity contribution is 0.483. The molecule has 0 saturated heterocycles. The smallest absolute Gasteiger partial charge is 0.148 e. The molecule has 0 saturated carbocycles. The van der Waals surface area contributed by atoms with Crippen LogP contribution in [0.15, 0.2) is 6.33 Å². The molecular weight excluding hydrogens is 264 g/mol. The van der Waals surface area contributed by atoms with Gasteiger partial charge in [0, 0.05) is 23.8 Å². The molecule has 0 unspecified atom stereocenters. The van der Waals surface area contributed by atoms with Crippen molar-refractivity contribution >= 4 is 0 Å². The molecule has 6 nitrogen and oxygen atoms in total. The summed E-state index contributed by atoms with van der Waals surface area (Å²) in [6.45, 7) is 10.1. The first-order valence-corrected chi connectivity index (χ1v) is 7.72. The maximum atomic E-state index is 4.79. The Morgan fingerprint density at radius 2 is 2.00 bits per heavy atom. The molecule has 0 bridgehead atoms. The molecule has 0 spiro atoms. The Morgan fingerprint density at radius 3 is 2.57 bits per heavy atom. The Bertz CT molecular complexity index is 581. The summed E-state index contributed by atoms with van der Waals surface area (Å²) in [6, 6.07) is 0.311. The third-order valence-electron chi connectivity index (χ3n) is 3.70. The number of hydrogen-bond acceptors (Lipinski definition) is 4. The van der Waals surface area contributed by atoms with Gasteiger partial charge >= 0.3 is 0 Å². The van der Waals surface area contributed by atoms with Crippen LogP contribution >= 0.6 is 0 Å². The molecule has 0 radical (unpaired) electrons. The zero-order valence-electron chi connectivity index (χ0n) is 13.7. The normalized spacial score (nSPS) is 11.5. The molecule has 0 aromatic carbocycles. The van der Waals surface area contributed by atoms with Crippen molar-refractivity contribution < 1.29 is 0 Å². The molecule has 2 aromatic heterocycles. The molecule has 0 atom stereocenters. The van der Waals surface area contributed by atoms with Crippen LogP contribution in [-0.4, -0.2) is 31.6 Å². The van der Waals surface area contributed by atoms with Crippen LogP contribution in [0.5, 0.6) is 0 Å². The quantitative estimate of drug-likeness (QED) is 0.846. The Morgan fingerprint density at radius 1 is 1.24 bits per heavy atom. The first-order chi connectivity index (χ1) is 10.1. The molecule has 2 heterocycles. The van der Waals surface area contributed by atoms with Crippen molar-refractivity contribution in [1.82, 2.24) is 29.9 Å². The van der Waals surface area contributed by atoms with Gasteiger partial charge in [-0.2, -0.15) is 10.2 Å². The number of rotatable bonds is 7. The second-order valence-electron chi connectivity index (χ2n) is 5.48. The van der Waals surface area contributed by atoms with E-state index in [1.54, 1.807) is 6.33 Å². The first kappa shape index (κ1) is 15.7. The largest absolute Gasteiger partial charge is 0.316 e. The number of aryl methyl sites for hydroxylation is 1. The summed E-state index contributed by atoms with van der Waals surface area (Å²) in [4.78, 5) is 4.39. The van der Waals surface area contributed by atoms with E-state index in [0.717, 1.165) is 25.2 Å². The van der Waals surface area contributed by atoms with E-state index in [0.29, 0.717) is 12.6 Å². The van der Waals surface area contributed by atoms with Gasteiger partial charge in [0.25, 0.3) is 0 Å². The second-order valence-corrected chi connectivity index (χ2v) is 5.48. The second kappa shape index (κ2) is 6.85. The van der Waals surface area contributed by atoms with Gasteiger partial charge < -0.3 is 5.32 Å². The lowest BCUT2D eigenvalue weighted by Gasteiger charge is -2.11. The zero-order valence-corrected chi connectivity index (χ0v) is 13.7. The monoisotopic (exact) mass is 290 g/mol. The Kier molecular flexibility index (Phi) is 5.12. The molecule has 0 amide bonds. The lowest BCUT2D eigenvalue weighted by Crippen LogP contribution is -2.15. The van der Waals surface area contributed by atoms with Crippen molar-refractivity contribution in [3.05, 3.63) is 29.1 Å². The highest BCUT2D eigenvalue weighted by atomic mass is 15.4. The van der Waals surface area contributed by atoms with E-state index < -0.39 is 0 Å². The van der Waals surface area contributed by atoms with Crippen molar-refractivity contribution in [1.29, 1.82) is 0 Å². The Balaban J connectivity index is 2.37. The van der Waals surface area contributed by atoms with Crippen LogP contribution in [0.2, 0.25) is 0 Å². The maximum absolute atomic E-state index is 4.79. The summed E-state index contributed by atoms with van der Waals surface area (Å²) in [5.74, 6) is 0.959. The summed E-state index contributed by atoms with van der Waals surface area (Å²) >= 11 is 0. The minimum atomic E-state index is 0.311. The van der Waals surface area contributed by atoms with Crippen molar-refractivity contribution in [2.24, 2.45) is 0 Å². The van der Waals surface area contributed by atoms with Crippen LogP contribution in [-0.2, 0) is 25.9 Å². The van der Waals surface area contributed by atoms with E-state index in [9.17, 15) is 0 Å². The zero-order chi connectivity index (χ0) is 15.4. The molecule has 0 fully saturated rings. The molecule has 0 aliphatic heterocycles. The van der Waals surface area contributed by atoms with Crippen molar-refractivity contribution in [2.45, 2.75) is 59.7 Å².